The Morgan fingerprint density at radius 3 is 2.78 bits per heavy atom. The van der Waals surface area contributed by atoms with Gasteiger partial charge >= 0.3 is 5.69 Å². The first-order chi connectivity index (χ1) is 8.45. The number of methoxy groups -OCH3 is 1. The third-order valence-electron chi connectivity index (χ3n) is 2.92. The summed E-state index contributed by atoms with van der Waals surface area (Å²) in [6, 6.07) is 0. The monoisotopic (exact) mass is 260 g/mol. The van der Waals surface area contributed by atoms with Gasteiger partial charge in [0.1, 0.15) is 12.2 Å². The molecule has 1 saturated heterocycles. The summed E-state index contributed by atoms with van der Waals surface area (Å²) in [5.74, 6) is -1.13. The van der Waals surface area contributed by atoms with Crippen molar-refractivity contribution in [3.8, 4) is 0 Å². The van der Waals surface area contributed by atoms with E-state index < -0.39 is 41.6 Å². The van der Waals surface area contributed by atoms with Crippen molar-refractivity contribution >= 4 is 0 Å². The standard InChI is InChI=1S/C10H13FN2O5/c1-4-7(17-2)6(14)9(18-4)13-3-5(11)8(15)12-10(13)16/h3-4,6-7,9,14H,1-2H3,(H,12,15,16). The van der Waals surface area contributed by atoms with Gasteiger partial charge < -0.3 is 14.6 Å². The average Bonchev–Trinajstić information content (AvgIpc) is 2.59. The first-order valence-electron chi connectivity index (χ1n) is 5.33. The lowest BCUT2D eigenvalue weighted by Crippen LogP contribution is -2.39. The lowest BCUT2D eigenvalue weighted by molar-refractivity contribution is -0.0359. The highest BCUT2D eigenvalue weighted by atomic mass is 19.1. The molecule has 18 heavy (non-hydrogen) atoms. The van der Waals surface area contributed by atoms with Gasteiger partial charge in [0.05, 0.1) is 12.3 Å². The maximum atomic E-state index is 13.1. The van der Waals surface area contributed by atoms with E-state index in [9.17, 15) is 19.1 Å². The van der Waals surface area contributed by atoms with E-state index in [-0.39, 0.29) is 0 Å². The summed E-state index contributed by atoms with van der Waals surface area (Å²) in [5, 5.41) is 9.93. The Hall–Kier alpha value is -1.51. The minimum atomic E-state index is -1.13. The van der Waals surface area contributed by atoms with E-state index >= 15 is 0 Å². The smallest absolute Gasteiger partial charge is 0.330 e. The number of halogens is 1. The molecule has 2 heterocycles. The van der Waals surface area contributed by atoms with Gasteiger partial charge in [-0.2, -0.15) is 4.39 Å². The first-order valence-corrected chi connectivity index (χ1v) is 5.33. The number of aromatic amines is 1. The maximum Gasteiger partial charge on any atom is 0.330 e. The van der Waals surface area contributed by atoms with Gasteiger partial charge in [0.15, 0.2) is 6.23 Å². The number of hydrogen-bond acceptors (Lipinski definition) is 5. The Morgan fingerprint density at radius 2 is 2.22 bits per heavy atom. The molecular weight excluding hydrogens is 247 g/mol. The van der Waals surface area contributed by atoms with Gasteiger partial charge in [0.25, 0.3) is 5.56 Å². The zero-order valence-corrected chi connectivity index (χ0v) is 9.79. The van der Waals surface area contributed by atoms with Crippen molar-refractivity contribution in [2.45, 2.75) is 31.5 Å². The van der Waals surface area contributed by atoms with Crippen LogP contribution in [0.1, 0.15) is 13.2 Å². The highest BCUT2D eigenvalue weighted by Crippen LogP contribution is 2.29. The van der Waals surface area contributed by atoms with Crippen LogP contribution < -0.4 is 11.2 Å². The largest absolute Gasteiger partial charge is 0.386 e. The lowest BCUT2D eigenvalue weighted by atomic mass is 10.1. The zero-order chi connectivity index (χ0) is 13.4. The quantitative estimate of drug-likeness (QED) is 0.709. The number of nitrogens with zero attached hydrogens (tertiary/aromatic N) is 1. The van der Waals surface area contributed by atoms with Crippen molar-refractivity contribution in [2.24, 2.45) is 0 Å². The number of ether oxygens (including phenoxy) is 2. The molecule has 0 bridgehead atoms. The summed E-state index contributed by atoms with van der Waals surface area (Å²) >= 11 is 0. The van der Waals surface area contributed by atoms with E-state index in [0.29, 0.717) is 6.20 Å². The summed E-state index contributed by atoms with van der Waals surface area (Å²) in [6.45, 7) is 1.66. The molecule has 0 radical (unpaired) electrons. The molecule has 1 aromatic rings. The molecule has 1 aromatic heterocycles. The second-order valence-electron chi connectivity index (χ2n) is 4.07. The molecule has 1 aliphatic rings. The first kappa shape index (κ1) is 12.9. The fourth-order valence-electron chi connectivity index (χ4n) is 2.03. The second kappa shape index (κ2) is 4.63. The van der Waals surface area contributed by atoms with Crippen molar-refractivity contribution in [3.05, 3.63) is 32.9 Å². The Kier molecular flexibility index (Phi) is 3.33. The van der Waals surface area contributed by atoms with Crippen molar-refractivity contribution in [1.29, 1.82) is 0 Å². The zero-order valence-electron chi connectivity index (χ0n) is 9.79. The molecule has 4 unspecified atom stereocenters. The van der Waals surface area contributed by atoms with Crippen LogP contribution in [0.3, 0.4) is 0 Å². The number of aliphatic hydroxyl groups is 1. The second-order valence-corrected chi connectivity index (χ2v) is 4.07. The lowest BCUT2D eigenvalue weighted by Gasteiger charge is -2.18. The van der Waals surface area contributed by atoms with E-state index in [0.717, 1.165) is 4.57 Å². The number of hydrogen-bond donors (Lipinski definition) is 2. The van der Waals surface area contributed by atoms with Gasteiger partial charge in [-0.15, -0.1) is 0 Å². The number of rotatable bonds is 2. The number of nitrogens with one attached hydrogen (secondary N) is 1. The van der Waals surface area contributed by atoms with Crippen LogP contribution in [0.5, 0.6) is 0 Å². The Labute approximate surface area is 101 Å². The molecule has 0 aliphatic carbocycles. The molecule has 4 atom stereocenters. The number of aliphatic hydroxyl groups excluding tert-OH is 1. The SMILES string of the molecule is COC1C(C)OC(n2cc(F)c(=O)[nH]c2=O)C1O. The van der Waals surface area contributed by atoms with Crippen LogP contribution >= 0.6 is 0 Å². The Bertz CT molecular complexity index is 554. The van der Waals surface area contributed by atoms with Gasteiger partial charge in [-0.25, -0.2) is 4.79 Å². The number of aromatic nitrogens is 2. The topological polar surface area (TPSA) is 93.5 Å². The molecule has 7 nitrogen and oxygen atoms in total. The normalized spacial score (nSPS) is 31.8. The van der Waals surface area contributed by atoms with Crippen molar-refractivity contribution in [1.82, 2.24) is 9.55 Å². The third kappa shape index (κ3) is 1.98. The molecule has 0 amide bonds. The summed E-state index contributed by atoms with van der Waals surface area (Å²) in [5.41, 5.74) is -1.96. The predicted octanol–water partition coefficient (Wildman–Crippen LogP) is -1.03. The summed E-state index contributed by atoms with van der Waals surface area (Å²) in [6.07, 6.45) is -2.61. The molecule has 2 rings (SSSR count). The van der Waals surface area contributed by atoms with Gasteiger partial charge in [-0.1, -0.05) is 0 Å². The summed E-state index contributed by atoms with van der Waals surface area (Å²) in [7, 11) is 1.40. The number of H-pyrrole nitrogens is 1. The fraction of sp³-hybridized carbons (Fsp3) is 0.600. The third-order valence-corrected chi connectivity index (χ3v) is 2.92. The van der Waals surface area contributed by atoms with Crippen molar-refractivity contribution < 1.29 is 19.0 Å². The van der Waals surface area contributed by atoms with Crippen LogP contribution in [0.2, 0.25) is 0 Å². The molecule has 1 fully saturated rings. The molecule has 8 heteroatoms. The van der Waals surface area contributed by atoms with E-state index in [1.54, 1.807) is 11.9 Å². The van der Waals surface area contributed by atoms with Crippen LogP contribution in [0, 0.1) is 5.82 Å². The minimum absolute atomic E-state index is 0.461. The van der Waals surface area contributed by atoms with Crippen LogP contribution in [0.15, 0.2) is 15.8 Å². The molecule has 0 aromatic carbocycles. The summed E-state index contributed by atoms with van der Waals surface area (Å²) < 4.78 is 24.3. The molecule has 0 saturated carbocycles. The van der Waals surface area contributed by atoms with Crippen LogP contribution in [-0.4, -0.2) is 40.1 Å². The van der Waals surface area contributed by atoms with E-state index in [4.69, 9.17) is 9.47 Å². The molecule has 100 valence electrons. The van der Waals surface area contributed by atoms with Crippen molar-refractivity contribution in [3.63, 3.8) is 0 Å². The van der Waals surface area contributed by atoms with E-state index in [2.05, 4.69) is 0 Å². The Morgan fingerprint density at radius 1 is 1.56 bits per heavy atom. The molecular formula is C10H13FN2O5. The highest BCUT2D eigenvalue weighted by molar-refractivity contribution is 4.94. The summed E-state index contributed by atoms with van der Waals surface area (Å²) in [4.78, 5) is 24.2. The van der Waals surface area contributed by atoms with Gasteiger partial charge in [0, 0.05) is 7.11 Å². The van der Waals surface area contributed by atoms with E-state index in [1.807, 2.05) is 0 Å². The predicted molar refractivity (Wildman–Crippen MR) is 57.7 cm³/mol. The average molecular weight is 260 g/mol. The van der Waals surface area contributed by atoms with Gasteiger partial charge in [-0.3, -0.25) is 14.3 Å². The van der Waals surface area contributed by atoms with Gasteiger partial charge in [0.2, 0.25) is 5.82 Å². The van der Waals surface area contributed by atoms with Crippen LogP contribution in [0.25, 0.3) is 0 Å². The highest BCUT2D eigenvalue weighted by Gasteiger charge is 2.43. The molecule has 0 spiro atoms. The Balaban J connectivity index is 2.42. The maximum absolute atomic E-state index is 13.1. The van der Waals surface area contributed by atoms with Crippen LogP contribution in [0.4, 0.5) is 4.39 Å². The van der Waals surface area contributed by atoms with E-state index in [1.165, 1.54) is 7.11 Å². The van der Waals surface area contributed by atoms with Crippen molar-refractivity contribution in [2.75, 3.05) is 7.11 Å². The minimum Gasteiger partial charge on any atom is -0.386 e. The molecule has 2 N–H and O–H groups in total. The van der Waals surface area contributed by atoms with Gasteiger partial charge in [-0.05, 0) is 6.92 Å². The fourth-order valence-corrected chi connectivity index (χ4v) is 2.03. The molecule has 1 aliphatic heterocycles. The van der Waals surface area contributed by atoms with Crippen LogP contribution in [-0.2, 0) is 9.47 Å².